The van der Waals surface area contributed by atoms with E-state index in [-0.39, 0.29) is 5.91 Å². The molecule has 0 aliphatic rings. The number of fused-ring (bicyclic) bond motifs is 1. The van der Waals surface area contributed by atoms with Crippen LogP contribution in [0.5, 0.6) is 0 Å². The van der Waals surface area contributed by atoms with Crippen molar-refractivity contribution in [2.75, 3.05) is 14.2 Å². The molecule has 0 saturated heterocycles. The molecule has 2 rings (SSSR count). The number of carbonyl (C=O) groups is 1. The summed E-state index contributed by atoms with van der Waals surface area (Å²) in [7, 11) is 3.01. The topological polar surface area (TPSA) is 42.7 Å². The lowest BCUT2D eigenvalue weighted by atomic mass is 10.1. The van der Waals surface area contributed by atoms with Crippen LogP contribution in [-0.2, 0) is 9.63 Å². The fraction of sp³-hybridized carbons (Fsp3) is 0.154. The second-order valence-electron chi connectivity index (χ2n) is 3.53. The second-order valence-corrected chi connectivity index (χ2v) is 3.53. The number of carbonyl (C=O) groups excluding carboxylic acids is 1. The van der Waals surface area contributed by atoms with E-state index in [1.54, 1.807) is 19.4 Å². The molecule has 1 aromatic carbocycles. The molecule has 0 atom stereocenters. The summed E-state index contributed by atoms with van der Waals surface area (Å²) < 4.78 is 5.28. The SMILES string of the molecule is CON(C)C(=O)/C=C/c1cccc2occc12. The first kappa shape index (κ1) is 11.4. The van der Waals surface area contributed by atoms with E-state index in [1.165, 1.54) is 13.2 Å². The average molecular weight is 231 g/mol. The van der Waals surface area contributed by atoms with Crippen LogP contribution in [0.4, 0.5) is 0 Å². The van der Waals surface area contributed by atoms with Crippen LogP contribution >= 0.6 is 0 Å². The quantitative estimate of drug-likeness (QED) is 0.602. The smallest absolute Gasteiger partial charge is 0.269 e. The Bertz CT molecular complexity index is 557. The van der Waals surface area contributed by atoms with Crippen LogP contribution in [0.1, 0.15) is 5.56 Å². The van der Waals surface area contributed by atoms with Crippen molar-refractivity contribution in [3.8, 4) is 0 Å². The van der Waals surface area contributed by atoms with E-state index in [0.29, 0.717) is 0 Å². The molecule has 88 valence electrons. The first-order chi connectivity index (χ1) is 8.22. The van der Waals surface area contributed by atoms with Crippen molar-refractivity contribution in [1.82, 2.24) is 5.06 Å². The molecule has 1 aromatic heterocycles. The van der Waals surface area contributed by atoms with Crippen LogP contribution < -0.4 is 0 Å². The Morgan fingerprint density at radius 2 is 2.24 bits per heavy atom. The van der Waals surface area contributed by atoms with E-state index in [4.69, 9.17) is 9.25 Å². The lowest BCUT2D eigenvalue weighted by Crippen LogP contribution is -2.22. The summed E-state index contributed by atoms with van der Waals surface area (Å²) in [6.07, 6.45) is 4.84. The molecule has 0 aliphatic heterocycles. The molecule has 0 N–H and O–H groups in total. The molecule has 1 amide bonds. The lowest BCUT2D eigenvalue weighted by molar-refractivity contribution is -0.162. The summed E-state index contributed by atoms with van der Waals surface area (Å²) >= 11 is 0. The van der Waals surface area contributed by atoms with Gasteiger partial charge in [0.2, 0.25) is 0 Å². The monoisotopic (exact) mass is 231 g/mol. The maximum absolute atomic E-state index is 11.5. The van der Waals surface area contributed by atoms with Gasteiger partial charge in [0, 0.05) is 18.5 Å². The Balaban J connectivity index is 2.26. The van der Waals surface area contributed by atoms with E-state index >= 15 is 0 Å². The molecule has 2 aromatic rings. The minimum absolute atomic E-state index is 0.215. The summed E-state index contributed by atoms with van der Waals surface area (Å²) in [6.45, 7) is 0. The number of hydrogen-bond donors (Lipinski definition) is 0. The number of amides is 1. The second kappa shape index (κ2) is 4.84. The van der Waals surface area contributed by atoms with Gasteiger partial charge in [-0.25, -0.2) is 5.06 Å². The first-order valence-corrected chi connectivity index (χ1v) is 5.18. The Kier molecular flexibility index (Phi) is 3.25. The molecule has 0 fully saturated rings. The van der Waals surface area contributed by atoms with Gasteiger partial charge in [-0.1, -0.05) is 12.1 Å². The zero-order chi connectivity index (χ0) is 12.3. The van der Waals surface area contributed by atoms with Gasteiger partial charge in [0.25, 0.3) is 5.91 Å². The minimum Gasteiger partial charge on any atom is -0.464 e. The summed E-state index contributed by atoms with van der Waals surface area (Å²) in [5.74, 6) is -0.215. The third kappa shape index (κ3) is 2.37. The highest BCUT2D eigenvalue weighted by molar-refractivity contribution is 5.95. The predicted molar refractivity (Wildman–Crippen MR) is 65.0 cm³/mol. The van der Waals surface area contributed by atoms with E-state index in [2.05, 4.69) is 0 Å². The number of hydroxylamine groups is 2. The van der Waals surface area contributed by atoms with Crippen LogP contribution in [0, 0.1) is 0 Å². The van der Waals surface area contributed by atoms with E-state index in [9.17, 15) is 4.79 Å². The van der Waals surface area contributed by atoms with Gasteiger partial charge < -0.3 is 4.42 Å². The molecular weight excluding hydrogens is 218 g/mol. The van der Waals surface area contributed by atoms with Gasteiger partial charge in [0.15, 0.2) is 0 Å². The Hall–Kier alpha value is -2.07. The van der Waals surface area contributed by atoms with Crippen LogP contribution in [0.2, 0.25) is 0 Å². The third-order valence-corrected chi connectivity index (χ3v) is 2.52. The van der Waals surface area contributed by atoms with Gasteiger partial charge in [0.1, 0.15) is 5.58 Å². The van der Waals surface area contributed by atoms with Crippen molar-refractivity contribution < 1.29 is 14.0 Å². The highest BCUT2D eigenvalue weighted by Gasteiger charge is 2.04. The maximum atomic E-state index is 11.5. The van der Waals surface area contributed by atoms with Crippen molar-refractivity contribution >= 4 is 23.0 Å². The summed E-state index contributed by atoms with van der Waals surface area (Å²) in [6, 6.07) is 7.57. The van der Waals surface area contributed by atoms with Crippen LogP contribution in [0.25, 0.3) is 17.0 Å². The maximum Gasteiger partial charge on any atom is 0.269 e. The van der Waals surface area contributed by atoms with Crippen molar-refractivity contribution in [3.05, 3.63) is 42.2 Å². The van der Waals surface area contributed by atoms with Crippen LogP contribution in [0.3, 0.4) is 0 Å². The largest absolute Gasteiger partial charge is 0.464 e. The van der Waals surface area contributed by atoms with Crippen LogP contribution in [0.15, 0.2) is 41.0 Å². The zero-order valence-corrected chi connectivity index (χ0v) is 9.71. The van der Waals surface area contributed by atoms with Crippen molar-refractivity contribution in [3.63, 3.8) is 0 Å². The molecule has 0 radical (unpaired) electrons. The molecule has 4 nitrogen and oxygen atoms in total. The van der Waals surface area contributed by atoms with Crippen molar-refractivity contribution in [1.29, 1.82) is 0 Å². The average Bonchev–Trinajstić information content (AvgIpc) is 2.83. The lowest BCUT2D eigenvalue weighted by Gasteiger charge is -2.09. The highest BCUT2D eigenvalue weighted by atomic mass is 16.7. The van der Waals surface area contributed by atoms with Crippen molar-refractivity contribution in [2.24, 2.45) is 0 Å². The normalized spacial score (nSPS) is 11.2. The van der Waals surface area contributed by atoms with Gasteiger partial charge in [-0.3, -0.25) is 9.63 Å². The zero-order valence-electron chi connectivity index (χ0n) is 9.71. The fourth-order valence-electron chi connectivity index (χ4n) is 1.52. The minimum atomic E-state index is -0.215. The molecule has 17 heavy (non-hydrogen) atoms. The summed E-state index contributed by atoms with van der Waals surface area (Å²) in [5.41, 5.74) is 1.74. The fourth-order valence-corrected chi connectivity index (χ4v) is 1.52. The van der Waals surface area contributed by atoms with E-state index in [0.717, 1.165) is 21.6 Å². The molecule has 0 unspecified atom stereocenters. The molecule has 1 heterocycles. The number of rotatable bonds is 3. The van der Waals surface area contributed by atoms with Gasteiger partial charge in [-0.05, 0) is 23.8 Å². The van der Waals surface area contributed by atoms with Crippen molar-refractivity contribution in [2.45, 2.75) is 0 Å². The number of furan rings is 1. The number of benzene rings is 1. The Morgan fingerprint density at radius 3 is 3.00 bits per heavy atom. The number of nitrogens with zero attached hydrogens (tertiary/aromatic N) is 1. The Labute approximate surface area is 99.0 Å². The summed E-state index contributed by atoms with van der Waals surface area (Å²) in [4.78, 5) is 16.3. The number of hydrogen-bond acceptors (Lipinski definition) is 3. The van der Waals surface area contributed by atoms with Crippen LogP contribution in [-0.4, -0.2) is 25.1 Å². The van der Waals surface area contributed by atoms with Gasteiger partial charge in [-0.15, -0.1) is 0 Å². The first-order valence-electron chi connectivity index (χ1n) is 5.18. The molecular formula is C13H13NO3. The van der Waals surface area contributed by atoms with Gasteiger partial charge >= 0.3 is 0 Å². The third-order valence-electron chi connectivity index (χ3n) is 2.52. The van der Waals surface area contributed by atoms with E-state index < -0.39 is 0 Å². The molecule has 0 spiro atoms. The van der Waals surface area contributed by atoms with Gasteiger partial charge in [-0.2, -0.15) is 0 Å². The molecule has 0 bridgehead atoms. The van der Waals surface area contributed by atoms with Gasteiger partial charge in [0.05, 0.1) is 13.4 Å². The predicted octanol–water partition coefficient (Wildman–Crippen LogP) is 2.47. The molecule has 0 aliphatic carbocycles. The molecule has 0 saturated carbocycles. The Morgan fingerprint density at radius 1 is 1.41 bits per heavy atom. The highest BCUT2D eigenvalue weighted by Crippen LogP contribution is 2.20. The molecule has 4 heteroatoms. The standard InChI is InChI=1S/C13H13NO3/c1-14(16-2)13(15)7-6-10-4-3-5-12-11(10)8-9-17-12/h3-9H,1-2H3/b7-6+. The number of likely N-dealkylation sites (N-methyl/N-ethyl adjacent to an activating group) is 1. The summed E-state index contributed by atoms with van der Waals surface area (Å²) in [5, 5.41) is 2.14. The van der Waals surface area contributed by atoms with E-state index in [1.807, 2.05) is 24.3 Å².